The van der Waals surface area contributed by atoms with E-state index in [0.717, 1.165) is 0 Å². The average Bonchev–Trinajstić information content (AvgIpc) is 3.05. The van der Waals surface area contributed by atoms with Gasteiger partial charge in [-0.1, -0.05) is 18.2 Å². The van der Waals surface area contributed by atoms with Gasteiger partial charge in [-0.05, 0) is 68.1 Å². The molecular formula is C15H21N. The van der Waals surface area contributed by atoms with E-state index in [1.165, 1.54) is 51.4 Å². The van der Waals surface area contributed by atoms with Crippen molar-refractivity contribution in [3.8, 4) is 0 Å². The molecule has 0 saturated heterocycles. The molecule has 2 N–H and O–H groups in total. The van der Waals surface area contributed by atoms with Crippen LogP contribution < -0.4 is 5.73 Å². The van der Waals surface area contributed by atoms with Crippen LogP contribution in [0.3, 0.4) is 0 Å². The molecule has 1 saturated carbocycles. The summed E-state index contributed by atoms with van der Waals surface area (Å²) in [5.41, 5.74) is 11.2. The Morgan fingerprint density at radius 3 is 2.75 bits per heavy atom. The van der Waals surface area contributed by atoms with Crippen molar-refractivity contribution >= 4 is 0 Å². The minimum Gasteiger partial charge on any atom is -0.325 e. The van der Waals surface area contributed by atoms with Gasteiger partial charge in [-0.15, -0.1) is 0 Å². The lowest BCUT2D eigenvalue weighted by molar-refractivity contribution is 0.601. The summed E-state index contributed by atoms with van der Waals surface area (Å²) in [6, 6.07) is 6.86. The third-order valence-corrected chi connectivity index (χ3v) is 4.28. The zero-order valence-electron chi connectivity index (χ0n) is 9.97. The zero-order valence-corrected chi connectivity index (χ0v) is 9.97. The van der Waals surface area contributed by atoms with E-state index in [2.05, 4.69) is 18.2 Å². The second kappa shape index (κ2) is 3.89. The second-order valence-electron chi connectivity index (χ2n) is 5.62. The van der Waals surface area contributed by atoms with Crippen LogP contribution in [-0.4, -0.2) is 5.54 Å². The Kier molecular flexibility index (Phi) is 2.51. The molecule has 0 radical (unpaired) electrons. The van der Waals surface area contributed by atoms with Gasteiger partial charge in [-0.25, -0.2) is 0 Å². The number of aryl methyl sites for hydroxylation is 2. The second-order valence-corrected chi connectivity index (χ2v) is 5.62. The van der Waals surface area contributed by atoms with E-state index in [1.807, 2.05) is 0 Å². The summed E-state index contributed by atoms with van der Waals surface area (Å²) < 4.78 is 0. The summed E-state index contributed by atoms with van der Waals surface area (Å²) >= 11 is 0. The van der Waals surface area contributed by atoms with Crippen LogP contribution >= 0.6 is 0 Å². The van der Waals surface area contributed by atoms with E-state index in [4.69, 9.17) is 5.73 Å². The topological polar surface area (TPSA) is 26.0 Å². The predicted octanol–water partition coefficient (Wildman–Crippen LogP) is 2.99. The summed E-state index contributed by atoms with van der Waals surface area (Å²) in [5.74, 6) is 0. The van der Waals surface area contributed by atoms with Crippen LogP contribution in [-0.2, 0) is 19.3 Å². The Balaban J connectivity index is 1.78. The van der Waals surface area contributed by atoms with Gasteiger partial charge in [-0.2, -0.15) is 0 Å². The van der Waals surface area contributed by atoms with Gasteiger partial charge in [0, 0.05) is 5.54 Å². The Morgan fingerprint density at radius 1 is 1.12 bits per heavy atom. The van der Waals surface area contributed by atoms with Gasteiger partial charge in [0.15, 0.2) is 0 Å². The Labute approximate surface area is 98.0 Å². The van der Waals surface area contributed by atoms with Crippen molar-refractivity contribution in [2.45, 2.75) is 56.9 Å². The first-order valence-electron chi connectivity index (χ1n) is 6.65. The monoisotopic (exact) mass is 215 g/mol. The molecule has 1 aromatic rings. The molecule has 3 rings (SSSR count). The molecule has 0 unspecified atom stereocenters. The molecule has 1 heteroatoms. The standard InChI is InChI=1S/C15H21N/c16-15(10-11-15)9-8-13-6-3-5-12-4-1-2-7-14(12)13/h3,5-6H,1-2,4,7-11,16H2. The summed E-state index contributed by atoms with van der Waals surface area (Å²) in [7, 11) is 0. The van der Waals surface area contributed by atoms with Gasteiger partial charge in [0.2, 0.25) is 0 Å². The fourth-order valence-corrected chi connectivity index (χ4v) is 2.89. The molecule has 1 nitrogen and oxygen atoms in total. The largest absolute Gasteiger partial charge is 0.325 e. The first-order chi connectivity index (χ1) is 7.77. The van der Waals surface area contributed by atoms with Gasteiger partial charge < -0.3 is 5.73 Å². The molecule has 0 heterocycles. The number of benzene rings is 1. The lowest BCUT2D eigenvalue weighted by Gasteiger charge is -2.20. The van der Waals surface area contributed by atoms with Crippen molar-refractivity contribution in [2.24, 2.45) is 5.73 Å². The van der Waals surface area contributed by atoms with Gasteiger partial charge in [0.05, 0.1) is 0 Å². The van der Waals surface area contributed by atoms with Crippen molar-refractivity contribution in [3.05, 3.63) is 34.9 Å². The van der Waals surface area contributed by atoms with Crippen molar-refractivity contribution in [2.75, 3.05) is 0 Å². The molecule has 0 aliphatic heterocycles. The van der Waals surface area contributed by atoms with Crippen molar-refractivity contribution in [1.29, 1.82) is 0 Å². The van der Waals surface area contributed by atoms with E-state index >= 15 is 0 Å². The summed E-state index contributed by atoms with van der Waals surface area (Å²) in [6.45, 7) is 0. The highest BCUT2D eigenvalue weighted by atomic mass is 14.8. The van der Waals surface area contributed by atoms with Crippen molar-refractivity contribution in [3.63, 3.8) is 0 Å². The molecule has 2 aliphatic rings. The molecule has 1 aromatic carbocycles. The fraction of sp³-hybridized carbons (Fsp3) is 0.600. The van der Waals surface area contributed by atoms with Gasteiger partial charge in [0.25, 0.3) is 0 Å². The highest BCUT2D eigenvalue weighted by Crippen LogP contribution is 2.37. The SMILES string of the molecule is NC1(CCc2cccc3c2CCCC3)CC1. The van der Waals surface area contributed by atoms with Crippen LogP contribution in [0.15, 0.2) is 18.2 Å². The predicted molar refractivity (Wildman–Crippen MR) is 67.6 cm³/mol. The smallest absolute Gasteiger partial charge is 0.0158 e. The van der Waals surface area contributed by atoms with E-state index in [0.29, 0.717) is 0 Å². The van der Waals surface area contributed by atoms with E-state index in [1.54, 1.807) is 16.7 Å². The van der Waals surface area contributed by atoms with E-state index < -0.39 is 0 Å². The van der Waals surface area contributed by atoms with Crippen LogP contribution in [0.2, 0.25) is 0 Å². The third kappa shape index (κ3) is 2.01. The summed E-state index contributed by atoms with van der Waals surface area (Å²) in [5, 5.41) is 0. The van der Waals surface area contributed by atoms with Crippen molar-refractivity contribution < 1.29 is 0 Å². The lowest BCUT2D eigenvalue weighted by atomic mass is 9.86. The van der Waals surface area contributed by atoms with Crippen LogP contribution in [0.5, 0.6) is 0 Å². The van der Waals surface area contributed by atoms with Crippen LogP contribution in [0.25, 0.3) is 0 Å². The minimum atomic E-state index is 0.206. The number of rotatable bonds is 3. The van der Waals surface area contributed by atoms with Gasteiger partial charge in [-0.3, -0.25) is 0 Å². The summed E-state index contributed by atoms with van der Waals surface area (Å²) in [4.78, 5) is 0. The van der Waals surface area contributed by atoms with E-state index in [9.17, 15) is 0 Å². The highest BCUT2D eigenvalue weighted by Gasteiger charge is 2.37. The number of hydrogen-bond acceptors (Lipinski definition) is 1. The van der Waals surface area contributed by atoms with E-state index in [-0.39, 0.29) is 5.54 Å². The van der Waals surface area contributed by atoms with Gasteiger partial charge in [0.1, 0.15) is 0 Å². The molecule has 0 aromatic heterocycles. The molecule has 2 aliphatic carbocycles. The molecule has 0 amide bonds. The van der Waals surface area contributed by atoms with Crippen LogP contribution in [0.1, 0.15) is 48.8 Å². The minimum absolute atomic E-state index is 0.206. The maximum absolute atomic E-state index is 6.17. The first kappa shape index (κ1) is 10.3. The molecular weight excluding hydrogens is 194 g/mol. The fourth-order valence-electron chi connectivity index (χ4n) is 2.89. The Bertz CT molecular complexity index is 390. The number of hydrogen-bond donors (Lipinski definition) is 1. The molecule has 0 spiro atoms. The lowest BCUT2D eigenvalue weighted by Crippen LogP contribution is -2.22. The van der Waals surface area contributed by atoms with Crippen LogP contribution in [0, 0.1) is 0 Å². The Hall–Kier alpha value is -0.820. The number of nitrogens with two attached hydrogens (primary N) is 1. The quantitative estimate of drug-likeness (QED) is 0.824. The Morgan fingerprint density at radius 2 is 1.94 bits per heavy atom. The maximum atomic E-state index is 6.17. The highest BCUT2D eigenvalue weighted by molar-refractivity contribution is 5.37. The molecule has 16 heavy (non-hydrogen) atoms. The van der Waals surface area contributed by atoms with Crippen molar-refractivity contribution in [1.82, 2.24) is 0 Å². The average molecular weight is 215 g/mol. The number of fused-ring (bicyclic) bond motifs is 1. The molecule has 86 valence electrons. The normalized spacial score (nSPS) is 21.6. The maximum Gasteiger partial charge on any atom is 0.0158 e. The first-order valence-corrected chi connectivity index (χ1v) is 6.65. The zero-order chi connectivity index (χ0) is 11.0. The van der Waals surface area contributed by atoms with Gasteiger partial charge >= 0.3 is 0 Å². The molecule has 1 fully saturated rings. The summed E-state index contributed by atoms with van der Waals surface area (Å²) in [6.07, 6.45) is 10.2. The third-order valence-electron chi connectivity index (χ3n) is 4.28. The molecule has 0 bridgehead atoms. The molecule has 0 atom stereocenters. The van der Waals surface area contributed by atoms with Crippen LogP contribution in [0.4, 0.5) is 0 Å².